The molecule has 4 nitrogen and oxygen atoms in total. The highest BCUT2D eigenvalue weighted by Crippen LogP contribution is 2.54. The van der Waals surface area contributed by atoms with Crippen molar-refractivity contribution in [3.8, 4) is 0 Å². The van der Waals surface area contributed by atoms with Crippen LogP contribution in [0.3, 0.4) is 0 Å². The molecule has 3 aliphatic rings. The third kappa shape index (κ3) is 5.49. The second-order valence-electron chi connectivity index (χ2n) is 12.4. The van der Waals surface area contributed by atoms with E-state index < -0.39 is 0 Å². The lowest BCUT2D eigenvalue weighted by Gasteiger charge is -2.54. The molecule has 0 aromatic rings. The monoisotopic (exact) mass is 435 g/mol. The van der Waals surface area contributed by atoms with E-state index in [1.165, 1.54) is 32.1 Å². The molecule has 0 heterocycles. The molecular weight excluding hydrogens is 386 g/mol. The maximum atomic E-state index is 13.1. The van der Waals surface area contributed by atoms with Gasteiger partial charge >= 0.3 is 0 Å². The zero-order valence-corrected chi connectivity index (χ0v) is 21.4. The standard InChI is InChI=1S/C27H49NO3/c1-19(2)22-11-21(12-22)16-31-15-20(3)23-13-24(14-23)25(29)28(6)17-26(4,5)27(18-30-7)9-8-10-27/h19-24H,8-18H2,1-7H3. The summed E-state index contributed by atoms with van der Waals surface area (Å²) in [5.74, 6) is 4.29. The first-order valence-electron chi connectivity index (χ1n) is 12.9. The minimum atomic E-state index is 0.0893. The molecular formula is C27H49NO3. The highest BCUT2D eigenvalue weighted by molar-refractivity contribution is 5.79. The van der Waals surface area contributed by atoms with E-state index in [1.54, 1.807) is 7.11 Å². The van der Waals surface area contributed by atoms with Crippen LogP contribution in [0.1, 0.15) is 79.6 Å². The van der Waals surface area contributed by atoms with Gasteiger partial charge in [0.25, 0.3) is 0 Å². The fourth-order valence-electron chi connectivity index (χ4n) is 6.40. The molecule has 3 aliphatic carbocycles. The van der Waals surface area contributed by atoms with Gasteiger partial charge < -0.3 is 14.4 Å². The van der Waals surface area contributed by atoms with Gasteiger partial charge in [0.1, 0.15) is 0 Å². The Kier molecular flexibility index (Phi) is 8.17. The van der Waals surface area contributed by atoms with Gasteiger partial charge in [-0.25, -0.2) is 0 Å². The predicted octanol–water partition coefficient (Wildman–Crippen LogP) is 5.65. The van der Waals surface area contributed by atoms with Crippen molar-refractivity contribution in [2.24, 2.45) is 46.3 Å². The summed E-state index contributed by atoms with van der Waals surface area (Å²) in [6, 6.07) is 0. The topological polar surface area (TPSA) is 38.8 Å². The molecule has 180 valence electrons. The van der Waals surface area contributed by atoms with Crippen LogP contribution < -0.4 is 0 Å². The lowest BCUT2D eigenvalue weighted by molar-refractivity contribution is -0.145. The molecule has 0 aliphatic heterocycles. The first-order valence-corrected chi connectivity index (χ1v) is 12.9. The molecule has 0 N–H and O–H groups in total. The average Bonchev–Trinajstić information content (AvgIpc) is 2.57. The smallest absolute Gasteiger partial charge is 0.225 e. The minimum absolute atomic E-state index is 0.0893. The number of methoxy groups -OCH3 is 1. The lowest BCUT2D eigenvalue weighted by Crippen LogP contribution is -2.53. The van der Waals surface area contributed by atoms with E-state index in [0.29, 0.717) is 17.7 Å². The predicted molar refractivity (Wildman–Crippen MR) is 127 cm³/mol. The number of carbonyl (C=O) groups is 1. The Morgan fingerprint density at radius 3 is 2.26 bits per heavy atom. The van der Waals surface area contributed by atoms with Crippen LogP contribution in [-0.4, -0.2) is 51.3 Å². The zero-order chi connectivity index (χ0) is 22.8. The SMILES string of the molecule is COCC1(C(C)(C)CN(C)C(=O)C2CC(C(C)COCC3CC(C(C)C)C3)C2)CCC1. The van der Waals surface area contributed by atoms with Crippen molar-refractivity contribution < 1.29 is 14.3 Å². The van der Waals surface area contributed by atoms with Gasteiger partial charge in [-0.1, -0.05) is 41.0 Å². The Labute approximate surface area is 191 Å². The van der Waals surface area contributed by atoms with Crippen molar-refractivity contribution >= 4 is 5.91 Å². The minimum Gasteiger partial charge on any atom is -0.384 e. The summed E-state index contributed by atoms with van der Waals surface area (Å²) < 4.78 is 11.6. The van der Waals surface area contributed by atoms with Crippen LogP contribution in [0.2, 0.25) is 0 Å². The van der Waals surface area contributed by atoms with Crippen LogP contribution in [0.25, 0.3) is 0 Å². The first-order chi connectivity index (χ1) is 14.6. The van der Waals surface area contributed by atoms with Crippen molar-refractivity contribution in [1.29, 1.82) is 0 Å². The fraction of sp³-hybridized carbons (Fsp3) is 0.963. The van der Waals surface area contributed by atoms with Crippen molar-refractivity contribution in [1.82, 2.24) is 4.90 Å². The number of rotatable bonds is 12. The van der Waals surface area contributed by atoms with Crippen molar-refractivity contribution in [2.45, 2.75) is 79.6 Å². The molecule has 1 amide bonds. The van der Waals surface area contributed by atoms with E-state index in [2.05, 4.69) is 34.6 Å². The molecule has 1 atom stereocenters. The molecule has 0 aromatic heterocycles. The molecule has 0 bridgehead atoms. The summed E-state index contributed by atoms with van der Waals surface area (Å²) in [6.45, 7) is 15.1. The number of nitrogens with zero attached hydrogens (tertiary/aromatic N) is 1. The molecule has 3 fully saturated rings. The largest absolute Gasteiger partial charge is 0.384 e. The van der Waals surface area contributed by atoms with Crippen LogP contribution in [0.4, 0.5) is 0 Å². The summed E-state index contributed by atoms with van der Waals surface area (Å²) in [5, 5.41) is 0. The van der Waals surface area contributed by atoms with Gasteiger partial charge in [-0.15, -0.1) is 0 Å². The summed E-state index contributed by atoms with van der Waals surface area (Å²) in [6.07, 6.45) is 8.50. The van der Waals surface area contributed by atoms with Crippen molar-refractivity contribution in [2.75, 3.05) is 40.5 Å². The van der Waals surface area contributed by atoms with E-state index in [0.717, 1.165) is 57.0 Å². The van der Waals surface area contributed by atoms with Gasteiger partial charge in [-0.05, 0) is 73.5 Å². The maximum absolute atomic E-state index is 13.1. The Bertz CT molecular complexity index is 585. The van der Waals surface area contributed by atoms with Gasteiger partial charge in [0.15, 0.2) is 0 Å². The maximum Gasteiger partial charge on any atom is 0.225 e. The number of hydrogen-bond donors (Lipinski definition) is 0. The van der Waals surface area contributed by atoms with E-state index in [4.69, 9.17) is 9.47 Å². The number of amides is 1. The zero-order valence-electron chi connectivity index (χ0n) is 21.4. The van der Waals surface area contributed by atoms with Crippen LogP contribution in [0, 0.1) is 46.3 Å². The summed E-state index contributed by atoms with van der Waals surface area (Å²) in [5.41, 5.74) is 0.325. The van der Waals surface area contributed by atoms with Crippen LogP contribution in [0.5, 0.6) is 0 Å². The quantitative estimate of drug-likeness (QED) is 0.398. The Balaban J connectivity index is 1.34. The molecule has 0 spiro atoms. The molecule has 0 aromatic carbocycles. The van der Waals surface area contributed by atoms with E-state index in [-0.39, 0.29) is 16.7 Å². The molecule has 0 radical (unpaired) electrons. The lowest BCUT2D eigenvalue weighted by atomic mass is 9.54. The van der Waals surface area contributed by atoms with Crippen molar-refractivity contribution in [3.05, 3.63) is 0 Å². The van der Waals surface area contributed by atoms with Gasteiger partial charge in [0.2, 0.25) is 5.91 Å². The highest BCUT2D eigenvalue weighted by Gasteiger charge is 2.50. The number of carbonyl (C=O) groups excluding carboxylic acids is 1. The Hall–Kier alpha value is -0.610. The van der Waals surface area contributed by atoms with E-state index in [1.807, 2.05) is 11.9 Å². The normalized spacial score (nSPS) is 30.8. The third-order valence-electron chi connectivity index (χ3n) is 9.45. The Morgan fingerprint density at radius 2 is 1.74 bits per heavy atom. The van der Waals surface area contributed by atoms with Gasteiger partial charge in [0.05, 0.1) is 6.61 Å². The van der Waals surface area contributed by atoms with Crippen molar-refractivity contribution in [3.63, 3.8) is 0 Å². The van der Waals surface area contributed by atoms with Crippen LogP contribution >= 0.6 is 0 Å². The molecule has 31 heavy (non-hydrogen) atoms. The highest BCUT2D eigenvalue weighted by atomic mass is 16.5. The van der Waals surface area contributed by atoms with Gasteiger partial charge in [0, 0.05) is 45.2 Å². The summed E-state index contributed by atoms with van der Waals surface area (Å²) >= 11 is 0. The van der Waals surface area contributed by atoms with Crippen LogP contribution in [0.15, 0.2) is 0 Å². The molecule has 4 heteroatoms. The molecule has 0 saturated heterocycles. The van der Waals surface area contributed by atoms with E-state index in [9.17, 15) is 4.79 Å². The molecule has 3 saturated carbocycles. The third-order valence-corrected chi connectivity index (χ3v) is 9.45. The van der Waals surface area contributed by atoms with Gasteiger partial charge in [-0.3, -0.25) is 4.79 Å². The first kappa shape index (κ1) is 25.0. The second kappa shape index (κ2) is 10.1. The number of ether oxygens (including phenoxy) is 2. The van der Waals surface area contributed by atoms with Gasteiger partial charge in [-0.2, -0.15) is 0 Å². The number of hydrogen-bond acceptors (Lipinski definition) is 3. The summed E-state index contributed by atoms with van der Waals surface area (Å²) in [4.78, 5) is 15.1. The molecule has 1 unspecified atom stereocenters. The Morgan fingerprint density at radius 1 is 1.10 bits per heavy atom. The fourth-order valence-corrected chi connectivity index (χ4v) is 6.40. The molecule has 3 rings (SSSR count). The second-order valence-corrected chi connectivity index (χ2v) is 12.4. The summed E-state index contributed by atoms with van der Waals surface area (Å²) in [7, 11) is 3.81. The van der Waals surface area contributed by atoms with E-state index >= 15 is 0 Å². The van der Waals surface area contributed by atoms with Crippen LogP contribution in [-0.2, 0) is 14.3 Å². The average molecular weight is 436 g/mol.